The number of rotatable bonds is 3. The Balaban J connectivity index is 3.80. The van der Waals surface area contributed by atoms with Crippen LogP contribution in [0.2, 0.25) is 0 Å². The van der Waals surface area contributed by atoms with Crippen molar-refractivity contribution in [1.29, 1.82) is 0 Å². The molecular weight excluding hydrogens is 110 g/mol. The minimum Gasteiger partial charge on any atom is -0.314 e. The van der Waals surface area contributed by atoms with Gasteiger partial charge in [0.2, 0.25) is 0 Å². The third-order valence-corrected chi connectivity index (χ3v) is 1.88. The lowest BCUT2D eigenvalue weighted by atomic mass is 9.96. The van der Waals surface area contributed by atoms with Crippen molar-refractivity contribution in [1.82, 2.24) is 5.32 Å². The average molecular weight is 125 g/mol. The summed E-state index contributed by atoms with van der Waals surface area (Å²) in [4.78, 5) is 0. The minimum absolute atomic E-state index is 0.148. The van der Waals surface area contributed by atoms with Gasteiger partial charge in [0.15, 0.2) is 0 Å². The summed E-state index contributed by atoms with van der Waals surface area (Å²) in [6.07, 6.45) is 7.06. The van der Waals surface area contributed by atoms with Gasteiger partial charge in [-0.25, -0.2) is 0 Å². The zero-order valence-electron chi connectivity index (χ0n) is 6.49. The Morgan fingerprint density at radius 1 is 1.67 bits per heavy atom. The third-order valence-electron chi connectivity index (χ3n) is 1.88. The maximum atomic E-state index is 5.18. The van der Waals surface area contributed by atoms with Crippen LogP contribution < -0.4 is 5.32 Å². The molecule has 0 aromatic carbocycles. The first-order valence-corrected chi connectivity index (χ1v) is 3.31. The van der Waals surface area contributed by atoms with Gasteiger partial charge in [-0.1, -0.05) is 6.92 Å². The van der Waals surface area contributed by atoms with Crippen LogP contribution in [0.4, 0.5) is 0 Å². The lowest BCUT2D eigenvalue weighted by Gasteiger charge is -2.24. The van der Waals surface area contributed by atoms with E-state index in [1.54, 1.807) is 0 Å². The molecule has 0 heterocycles. The molecule has 0 aliphatic rings. The summed E-state index contributed by atoms with van der Waals surface area (Å²) in [5, 5.41) is 3.19. The fourth-order valence-corrected chi connectivity index (χ4v) is 0.615. The van der Waals surface area contributed by atoms with Crippen LogP contribution in [0.25, 0.3) is 0 Å². The predicted octanol–water partition coefficient (Wildman–Crippen LogP) is 1.40. The number of hydrogen-bond donors (Lipinski definition) is 1. The summed E-state index contributed by atoms with van der Waals surface area (Å²) >= 11 is 0. The Morgan fingerprint density at radius 3 is 2.33 bits per heavy atom. The Bertz CT molecular complexity index is 106. The number of nitrogens with one attached hydrogen (secondary N) is 1. The summed E-state index contributed by atoms with van der Waals surface area (Å²) < 4.78 is 0. The van der Waals surface area contributed by atoms with Crippen molar-refractivity contribution in [3.8, 4) is 12.3 Å². The number of terminal acetylenes is 1. The quantitative estimate of drug-likeness (QED) is 0.562. The van der Waals surface area contributed by atoms with Crippen molar-refractivity contribution >= 4 is 0 Å². The van der Waals surface area contributed by atoms with Gasteiger partial charge < -0.3 is 5.32 Å². The van der Waals surface area contributed by atoms with Gasteiger partial charge in [-0.15, -0.1) is 12.3 Å². The second-order valence-electron chi connectivity index (χ2n) is 2.55. The standard InChI is InChI=1S/C8H15N/c1-5-7-8(3,6-2)9-4/h1,9H,6-7H2,2-4H3. The second kappa shape index (κ2) is 3.53. The van der Waals surface area contributed by atoms with Gasteiger partial charge in [0.05, 0.1) is 0 Å². The molecule has 9 heavy (non-hydrogen) atoms. The largest absolute Gasteiger partial charge is 0.314 e. The first-order chi connectivity index (χ1) is 4.18. The highest BCUT2D eigenvalue weighted by atomic mass is 14.9. The van der Waals surface area contributed by atoms with Gasteiger partial charge in [-0.05, 0) is 20.4 Å². The SMILES string of the molecule is C#CCC(C)(CC)NC. The van der Waals surface area contributed by atoms with E-state index in [0.717, 1.165) is 12.8 Å². The van der Waals surface area contributed by atoms with Crippen LogP contribution in [-0.2, 0) is 0 Å². The van der Waals surface area contributed by atoms with Crippen molar-refractivity contribution in [3.63, 3.8) is 0 Å². The lowest BCUT2D eigenvalue weighted by Crippen LogP contribution is -2.38. The molecule has 1 N–H and O–H groups in total. The molecule has 0 rings (SSSR count). The van der Waals surface area contributed by atoms with E-state index in [4.69, 9.17) is 6.42 Å². The highest BCUT2D eigenvalue weighted by molar-refractivity contribution is 4.96. The highest BCUT2D eigenvalue weighted by Gasteiger charge is 2.16. The van der Waals surface area contributed by atoms with Crippen LogP contribution in [0.15, 0.2) is 0 Å². The summed E-state index contributed by atoms with van der Waals surface area (Å²) in [7, 11) is 1.95. The molecule has 0 spiro atoms. The Hall–Kier alpha value is -0.480. The van der Waals surface area contributed by atoms with Gasteiger partial charge in [0.1, 0.15) is 0 Å². The zero-order chi connectivity index (χ0) is 7.33. The lowest BCUT2D eigenvalue weighted by molar-refractivity contribution is 0.381. The molecule has 0 aromatic heterocycles. The molecular formula is C8H15N. The molecule has 1 unspecified atom stereocenters. The fraction of sp³-hybridized carbons (Fsp3) is 0.750. The van der Waals surface area contributed by atoms with E-state index in [1.165, 1.54) is 0 Å². The Labute approximate surface area is 57.8 Å². The second-order valence-corrected chi connectivity index (χ2v) is 2.55. The van der Waals surface area contributed by atoms with Crippen molar-refractivity contribution in [3.05, 3.63) is 0 Å². The molecule has 0 aliphatic heterocycles. The number of hydrogen-bond acceptors (Lipinski definition) is 1. The molecule has 0 aliphatic carbocycles. The molecule has 1 nitrogen and oxygen atoms in total. The van der Waals surface area contributed by atoms with Crippen molar-refractivity contribution in [2.75, 3.05) is 7.05 Å². The zero-order valence-corrected chi connectivity index (χ0v) is 6.49. The fourth-order valence-electron chi connectivity index (χ4n) is 0.615. The normalized spacial score (nSPS) is 16.2. The summed E-state index contributed by atoms with van der Waals surface area (Å²) in [6, 6.07) is 0. The topological polar surface area (TPSA) is 12.0 Å². The average Bonchev–Trinajstić information content (AvgIpc) is 1.89. The van der Waals surface area contributed by atoms with E-state index in [0.29, 0.717) is 0 Å². The monoisotopic (exact) mass is 125 g/mol. The van der Waals surface area contributed by atoms with E-state index in [9.17, 15) is 0 Å². The van der Waals surface area contributed by atoms with Crippen LogP contribution >= 0.6 is 0 Å². The molecule has 0 fully saturated rings. The first-order valence-electron chi connectivity index (χ1n) is 3.31. The molecule has 0 saturated carbocycles. The minimum atomic E-state index is 0.148. The van der Waals surface area contributed by atoms with Crippen molar-refractivity contribution in [2.24, 2.45) is 0 Å². The molecule has 0 aromatic rings. The van der Waals surface area contributed by atoms with E-state index in [1.807, 2.05) is 7.05 Å². The van der Waals surface area contributed by atoms with Crippen LogP contribution in [0, 0.1) is 12.3 Å². The molecule has 1 heteroatoms. The van der Waals surface area contributed by atoms with E-state index in [2.05, 4.69) is 25.1 Å². The summed E-state index contributed by atoms with van der Waals surface area (Å²) in [5.41, 5.74) is 0.148. The van der Waals surface area contributed by atoms with Crippen LogP contribution in [-0.4, -0.2) is 12.6 Å². The van der Waals surface area contributed by atoms with Gasteiger partial charge in [0, 0.05) is 12.0 Å². The molecule has 52 valence electrons. The first kappa shape index (κ1) is 8.52. The van der Waals surface area contributed by atoms with Crippen molar-refractivity contribution < 1.29 is 0 Å². The van der Waals surface area contributed by atoms with Gasteiger partial charge in [0.25, 0.3) is 0 Å². The Kier molecular flexibility index (Phi) is 3.34. The molecule has 0 amide bonds. The van der Waals surface area contributed by atoms with E-state index < -0.39 is 0 Å². The van der Waals surface area contributed by atoms with Crippen LogP contribution in [0.5, 0.6) is 0 Å². The van der Waals surface area contributed by atoms with Gasteiger partial charge >= 0.3 is 0 Å². The smallest absolute Gasteiger partial charge is 0.0266 e. The van der Waals surface area contributed by atoms with Gasteiger partial charge in [-0.3, -0.25) is 0 Å². The predicted molar refractivity (Wildman–Crippen MR) is 41.2 cm³/mol. The Morgan fingerprint density at radius 2 is 2.22 bits per heavy atom. The molecule has 0 saturated heterocycles. The highest BCUT2D eigenvalue weighted by Crippen LogP contribution is 2.11. The van der Waals surface area contributed by atoms with Gasteiger partial charge in [-0.2, -0.15) is 0 Å². The van der Waals surface area contributed by atoms with Crippen LogP contribution in [0.1, 0.15) is 26.7 Å². The third kappa shape index (κ3) is 2.53. The maximum absolute atomic E-state index is 5.18. The summed E-state index contributed by atoms with van der Waals surface area (Å²) in [5.74, 6) is 2.65. The van der Waals surface area contributed by atoms with Crippen molar-refractivity contribution in [2.45, 2.75) is 32.2 Å². The molecule has 0 radical (unpaired) electrons. The summed E-state index contributed by atoms with van der Waals surface area (Å²) in [6.45, 7) is 4.26. The maximum Gasteiger partial charge on any atom is 0.0266 e. The van der Waals surface area contributed by atoms with E-state index in [-0.39, 0.29) is 5.54 Å². The molecule has 0 bridgehead atoms. The molecule has 1 atom stereocenters. The van der Waals surface area contributed by atoms with E-state index >= 15 is 0 Å². The van der Waals surface area contributed by atoms with Crippen LogP contribution in [0.3, 0.4) is 0 Å².